The van der Waals surface area contributed by atoms with Crippen LogP contribution >= 0.6 is 0 Å². The standard InChI is InChI=1S/C28H24N2O5/c1-3-13-35-23-12-9-20(14-17(23)2)26(32)24-25(19-5-4-6-22(31)15-19)30(28(34)27(24)33)21-10-7-18(16-29)8-11-21/h4-12,14-15,25,31-32H,3,13H2,1-2H3/b26-24-. The molecule has 7 heteroatoms. The number of aromatic hydroxyl groups is 1. The lowest BCUT2D eigenvalue weighted by molar-refractivity contribution is -0.132. The number of ketones is 1. The van der Waals surface area contributed by atoms with Crippen LogP contribution < -0.4 is 9.64 Å². The minimum Gasteiger partial charge on any atom is -0.508 e. The molecule has 0 bridgehead atoms. The predicted molar refractivity (Wildman–Crippen MR) is 131 cm³/mol. The number of aliphatic hydroxyl groups is 1. The molecule has 0 aliphatic carbocycles. The number of amides is 1. The molecule has 176 valence electrons. The summed E-state index contributed by atoms with van der Waals surface area (Å²) in [6, 6.07) is 18.6. The number of ether oxygens (including phenoxy) is 1. The van der Waals surface area contributed by atoms with E-state index in [2.05, 4.69) is 0 Å². The first-order valence-electron chi connectivity index (χ1n) is 11.2. The molecular weight excluding hydrogens is 444 g/mol. The van der Waals surface area contributed by atoms with Gasteiger partial charge in [-0.2, -0.15) is 5.26 Å². The second-order valence-electron chi connectivity index (χ2n) is 8.25. The average molecular weight is 469 g/mol. The van der Waals surface area contributed by atoms with Crippen molar-refractivity contribution in [3.05, 3.63) is 94.6 Å². The minimum absolute atomic E-state index is 0.0406. The Bertz CT molecular complexity index is 1370. The van der Waals surface area contributed by atoms with Crippen molar-refractivity contribution in [2.45, 2.75) is 26.3 Å². The summed E-state index contributed by atoms with van der Waals surface area (Å²) in [6.07, 6.45) is 0.851. The summed E-state index contributed by atoms with van der Waals surface area (Å²) in [5, 5.41) is 30.5. The molecule has 0 saturated carbocycles. The number of phenols is 1. The van der Waals surface area contributed by atoms with Crippen molar-refractivity contribution in [2.24, 2.45) is 0 Å². The van der Waals surface area contributed by atoms with Crippen molar-refractivity contribution in [1.82, 2.24) is 0 Å². The largest absolute Gasteiger partial charge is 0.508 e. The second kappa shape index (κ2) is 9.74. The van der Waals surface area contributed by atoms with Gasteiger partial charge in [0, 0.05) is 11.3 Å². The van der Waals surface area contributed by atoms with Crippen LogP contribution in [0.4, 0.5) is 5.69 Å². The highest BCUT2D eigenvalue weighted by Gasteiger charge is 2.47. The van der Waals surface area contributed by atoms with Gasteiger partial charge >= 0.3 is 0 Å². The normalized spacial score (nSPS) is 16.8. The van der Waals surface area contributed by atoms with E-state index in [9.17, 15) is 19.8 Å². The highest BCUT2D eigenvalue weighted by Crippen LogP contribution is 2.43. The first-order chi connectivity index (χ1) is 16.8. The number of carbonyl (C=O) groups is 2. The number of Topliss-reactive ketones (excluding diaryl/α,β-unsaturated/α-hetero) is 1. The number of hydrogen-bond acceptors (Lipinski definition) is 6. The third kappa shape index (κ3) is 4.46. The Labute approximate surface area is 203 Å². The van der Waals surface area contributed by atoms with Crippen LogP contribution in [0.15, 0.2) is 72.3 Å². The van der Waals surface area contributed by atoms with Crippen molar-refractivity contribution >= 4 is 23.1 Å². The van der Waals surface area contributed by atoms with E-state index >= 15 is 0 Å². The maximum absolute atomic E-state index is 13.2. The third-order valence-corrected chi connectivity index (χ3v) is 5.82. The summed E-state index contributed by atoms with van der Waals surface area (Å²) < 4.78 is 5.70. The quantitative estimate of drug-likeness (QED) is 0.300. The first-order valence-corrected chi connectivity index (χ1v) is 11.2. The number of phenolic OH excluding ortho intramolecular Hbond substituents is 1. The minimum atomic E-state index is -0.980. The van der Waals surface area contributed by atoms with Gasteiger partial charge in [-0.05, 0) is 79.1 Å². The van der Waals surface area contributed by atoms with E-state index in [4.69, 9.17) is 10.00 Å². The van der Waals surface area contributed by atoms with Crippen molar-refractivity contribution in [1.29, 1.82) is 5.26 Å². The van der Waals surface area contributed by atoms with Gasteiger partial charge < -0.3 is 14.9 Å². The molecule has 7 nitrogen and oxygen atoms in total. The number of carbonyl (C=O) groups excluding carboxylic acids is 2. The average Bonchev–Trinajstić information content (AvgIpc) is 3.13. The van der Waals surface area contributed by atoms with Crippen LogP contribution in [-0.2, 0) is 9.59 Å². The molecule has 3 aromatic carbocycles. The Morgan fingerprint density at radius 3 is 2.46 bits per heavy atom. The number of rotatable bonds is 6. The van der Waals surface area contributed by atoms with E-state index in [1.165, 1.54) is 17.0 Å². The molecule has 1 fully saturated rings. The number of benzene rings is 3. The van der Waals surface area contributed by atoms with E-state index in [1.807, 2.05) is 19.9 Å². The molecule has 3 aromatic rings. The summed E-state index contributed by atoms with van der Waals surface area (Å²) in [7, 11) is 0. The fourth-order valence-corrected chi connectivity index (χ4v) is 4.13. The number of anilines is 1. The van der Waals surface area contributed by atoms with Crippen LogP contribution in [0.3, 0.4) is 0 Å². The van der Waals surface area contributed by atoms with Gasteiger partial charge in [0.15, 0.2) is 0 Å². The Kier molecular flexibility index (Phi) is 6.56. The number of nitrogens with zero attached hydrogens (tertiary/aromatic N) is 2. The fraction of sp³-hybridized carbons (Fsp3) is 0.179. The van der Waals surface area contributed by atoms with Gasteiger partial charge in [-0.1, -0.05) is 19.1 Å². The van der Waals surface area contributed by atoms with Crippen LogP contribution in [0.5, 0.6) is 11.5 Å². The smallest absolute Gasteiger partial charge is 0.300 e. The van der Waals surface area contributed by atoms with Crippen molar-refractivity contribution < 1.29 is 24.5 Å². The Hall–Kier alpha value is -4.57. The lowest BCUT2D eigenvalue weighted by Crippen LogP contribution is -2.29. The molecule has 1 atom stereocenters. The molecule has 1 heterocycles. The summed E-state index contributed by atoms with van der Waals surface area (Å²) in [5.74, 6) is -1.35. The zero-order valence-corrected chi connectivity index (χ0v) is 19.4. The predicted octanol–water partition coefficient (Wildman–Crippen LogP) is 4.99. The molecule has 1 amide bonds. The maximum Gasteiger partial charge on any atom is 0.300 e. The lowest BCUT2D eigenvalue weighted by Gasteiger charge is -2.25. The van der Waals surface area contributed by atoms with Crippen LogP contribution in [0.2, 0.25) is 0 Å². The van der Waals surface area contributed by atoms with Gasteiger partial charge in [-0.25, -0.2) is 0 Å². The number of aryl methyl sites for hydroxylation is 1. The highest BCUT2D eigenvalue weighted by atomic mass is 16.5. The zero-order chi connectivity index (χ0) is 25.1. The Morgan fingerprint density at radius 2 is 1.83 bits per heavy atom. The van der Waals surface area contributed by atoms with E-state index in [-0.39, 0.29) is 17.1 Å². The number of aliphatic hydroxyl groups excluding tert-OH is 1. The molecule has 0 radical (unpaired) electrons. The summed E-state index contributed by atoms with van der Waals surface area (Å²) in [5.41, 5.74) is 2.30. The van der Waals surface area contributed by atoms with E-state index in [0.29, 0.717) is 34.7 Å². The summed E-state index contributed by atoms with van der Waals surface area (Å²) >= 11 is 0. The number of nitriles is 1. The van der Waals surface area contributed by atoms with Gasteiger partial charge in [-0.3, -0.25) is 14.5 Å². The molecule has 1 aliphatic heterocycles. The topological polar surface area (TPSA) is 111 Å². The summed E-state index contributed by atoms with van der Waals surface area (Å²) in [4.78, 5) is 27.7. The third-order valence-electron chi connectivity index (χ3n) is 5.82. The molecule has 1 saturated heterocycles. The van der Waals surface area contributed by atoms with Crippen molar-refractivity contribution in [3.8, 4) is 17.6 Å². The molecule has 0 aromatic heterocycles. The van der Waals surface area contributed by atoms with Crippen LogP contribution in [0.1, 0.15) is 41.6 Å². The van der Waals surface area contributed by atoms with E-state index < -0.39 is 17.7 Å². The van der Waals surface area contributed by atoms with Gasteiger partial charge in [0.25, 0.3) is 11.7 Å². The lowest BCUT2D eigenvalue weighted by atomic mass is 9.94. The molecule has 1 aliphatic rings. The van der Waals surface area contributed by atoms with Gasteiger partial charge in [0.05, 0.1) is 29.9 Å². The monoisotopic (exact) mass is 468 g/mol. The first kappa shape index (κ1) is 23.6. The van der Waals surface area contributed by atoms with E-state index in [0.717, 1.165) is 12.0 Å². The summed E-state index contributed by atoms with van der Waals surface area (Å²) in [6.45, 7) is 4.40. The zero-order valence-electron chi connectivity index (χ0n) is 19.4. The van der Waals surface area contributed by atoms with Crippen LogP contribution in [-0.4, -0.2) is 28.5 Å². The molecule has 4 rings (SSSR count). The molecule has 35 heavy (non-hydrogen) atoms. The van der Waals surface area contributed by atoms with Crippen LogP contribution in [0.25, 0.3) is 5.76 Å². The molecule has 2 N–H and O–H groups in total. The SMILES string of the molecule is CCCOc1ccc(/C(O)=C2/C(=O)C(=O)N(c3ccc(C#N)cc3)C2c2cccc(O)c2)cc1C. The number of hydrogen-bond donors (Lipinski definition) is 2. The van der Waals surface area contributed by atoms with Crippen molar-refractivity contribution in [2.75, 3.05) is 11.5 Å². The second-order valence-corrected chi connectivity index (χ2v) is 8.25. The van der Waals surface area contributed by atoms with Gasteiger partial charge in [-0.15, -0.1) is 0 Å². The van der Waals surface area contributed by atoms with Crippen LogP contribution in [0, 0.1) is 18.3 Å². The van der Waals surface area contributed by atoms with Gasteiger partial charge in [0.1, 0.15) is 17.3 Å². The maximum atomic E-state index is 13.2. The Morgan fingerprint density at radius 1 is 1.09 bits per heavy atom. The molecule has 0 spiro atoms. The molecule has 1 unspecified atom stereocenters. The Balaban J connectivity index is 1.88. The molecular formula is C28H24N2O5. The van der Waals surface area contributed by atoms with E-state index in [1.54, 1.807) is 54.6 Å². The van der Waals surface area contributed by atoms with Crippen molar-refractivity contribution in [3.63, 3.8) is 0 Å². The van der Waals surface area contributed by atoms with Gasteiger partial charge in [0.2, 0.25) is 0 Å². The fourth-order valence-electron chi connectivity index (χ4n) is 4.13. The highest BCUT2D eigenvalue weighted by molar-refractivity contribution is 6.51.